The number of piperidine rings is 1. The first-order valence-corrected chi connectivity index (χ1v) is 9.48. The number of sulfonamides is 1. The number of hydrogen-bond acceptors (Lipinski definition) is 4. The highest BCUT2D eigenvalue weighted by atomic mass is 32.2. The molecule has 0 atom stereocenters. The SMILES string of the molecule is COCCC1CCN(S(=O)(=O)CCOc2ccccc2F)CC1. The number of rotatable bonds is 8. The van der Waals surface area contributed by atoms with Gasteiger partial charge in [-0.3, -0.25) is 0 Å². The van der Waals surface area contributed by atoms with Crippen LogP contribution >= 0.6 is 0 Å². The van der Waals surface area contributed by atoms with Gasteiger partial charge in [0.2, 0.25) is 10.0 Å². The molecule has 1 aromatic rings. The Labute approximate surface area is 137 Å². The largest absolute Gasteiger partial charge is 0.489 e. The van der Waals surface area contributed by atoms with Crippen molar-refractivity contribution in [2.75, 3.05) is 39.2 Å². The molecule has 0 bridgehead atoms. The molecule has 1 aliphatic rings. The minimum atomic E-state index is -3.36. The van der Waals surface area contributed by atoms with Crippen LogP contribution in [0, 0.1) is 11.7 Å². The molecule has 0 radical (unpaired) electrons. The molecule has 130 valence electrons. The predicted octanol–water partition coefficient (Wildman–Crippen LogP) is 2.28. The summed E-state index contributed by atoms with van der Waals surface area (Å²) in [4.78, 5) is 0. The van der Waals surface area contributed by atoms with Gasteiger partial charge in [0.05, 0.1) is 5.75 Å². The summed E-state index contributed by atoms with van der Waals surface area (Å²) >= 11 is 0. The van der Waals surface area contributed by atoms with E-state index in [0.717, 1.165) is 19.3 Å². The monoisotopic (exact) mass is 345 g/mol. The third-order valence-electron chi connectivity index (χ3n) is 4.13. The lowest BCUT2D eigenvalue weighted by Gasteiger charge is -2.31. The molecule has 0 aromatic heterocycles. The second-order valence-electron chi connectivity index (χ2n) is 5.72. The quantitative estimate of drug-likeness (QED) is 0.725. The molecule has 1 aliphatic heterocycles. The van der Waals surface area contributed by atoms with E-state index in [1.54, 1.807) is 19.2 Å². The van der Waals surface area contributed by atoms with Crippen molar-refractivity contribution in [1.82, 2.24) is 4.31 Å². The van der Waals surface area contributed by atoms with E-state index in [-0.39, 0.29) is 18.1 Å². The molecule has 1 heterocycles. The van der Waals surface area contributed by atoms with Crippen LogP contribution in [0.4, 0.5) is 4.39 Å². The molecular formula is C16H24FNO4S. The van der Waals surface area contributed by atoms with Crippen LogP contribution in [0.3, 0.4) is 0 Å². The van der Waals surface area contributed by atoms with Crippen LogP contribution in [0.1, 0.15) is 19.3 Å². The van der Waals surface area contributed by atoms with Gasteiger partial charge in [-0.25, -0.2) is 17.1 Å². The highest BCUT2D eigenvalue weighted by molar-refractivity contribution is 7.89. The van der Waals surface area contributed by atoms with E-state index < -0.39 is 15.8 Å². The van der Waals surface area contributed by atoms with Gasteiger partial charge >= 0.3 is 0 Å². The van der Waals surface area contributed by atoms with Crippen molar-refractivity contribution in [3.8, 4) is 5.75 Å². The van der Waals surface area contributed by atoms with Crippen LogP contribution < -0.4 is 4.74 Å². The molecule has 1 saturated heterocycles. The van der Waals surface area contributed by atoms with E-state index in [1.165, 1.54) is 16.4 Å². The lowest BCUT2D eigenvalue weighted by molar-refractivity contribution is 0.158. The van der Waals surface area contributed by atoms with E-state index in [2.05, 4.69) is 0 Å². The van der Waals surface area contributed by atoms with Crippen molar-refractivity contribution in [2.24, 2.45) is 5.92 Å². The highest BCUT2D eigenvalue weighted by Crippen LogP contribution is 2.23. The molecule has 0 saturated carbocycles. The van der Waals surface area contributed by atoms with Crippen LogP contribution in [-0.2, 0) is 14.8 Å². The Morgan fingerprint density at radius 3 is 2.57 bits per heavy atom. The van der Waals surface area contributed by atoms with E-state index in [9.17, 15) is 12.8 Å². The molecule has 0 unspecified atom stereocenters. The average molecular weight is 345 g/mol. The van der Waals surface area contributed by atoms with Gasteiger partial charge in [-0.05, 0) is 37.3 Å². The molecule has 0 spiro atoms. The Balaban J connectivity index is 1.78. The fraction of sp³-hybridized carbons (Fsp3) is 0.625. The normalized spacial score (nSPS) is 17.3. The van der Waals surface area contributed by atoms with Crippen molar-refractivity contribution in [3.63, 3.8) is 0 Å². The topological polar surface area (TPSA) is 55.8 Å². The van der Waals surface area contributed by atoms with Gasteiger partial charge in [0, 0.05) is 26.8 Å². The first kappa shape index (κ1) is 18.2. The zero-order valence-corrected chi connectivity index (χ0v) is 14.2. The van der Waals surface area contributed by atoms with Gasteiger partial charge in [-0.1, -0.05) is 12.1 Å². The number of benzene rings is 1. The van der Waals surface area contributed by atoms with Crippen LogP contribution in [0.2, 0.25) is 0 Å². The summed E-state index contributed by atoms with van der Waals surface area (Å²) in [5.74, 6) is -0.00902. The Hall–Kier alpha value is -1.18. The number of hydrogen-bond donors (Lipinski definition) is 0. The summed E-state index contributed by atoms with van der Waals surface area (Å²) < 4.78 is 49.9. The second-order valence-corrected chi connectivity index (χ2v) is 7.81. The van der Waals surface area contributed by atoms with Crippen molar-refractivity contribution < 1.29 is 22.3 Å². The predicted molar refractivity (Wildman–Crippen MR) is 86.5 cm³/mol. The van der Waals surface area contributed by atoms with Crippen LogP contribution in [0.5, 0.6) is 5.75 Å². The Bertz CT molecular complexity index is 585. The molecule has 23 heavy (non-hydrogen) atoms. The van der Waals surface area contributed by atoms with Crippen LogP contribution in [0.15, 0.2) is 24.3 Å². The van der Waals surface area contributed by atoms with Crippen LogP contribution in [-0.4, -0.2) is 51.9 Å². The molecule has 0 N–H and O–H groups in total. The fourth-order valence-corrected chi connectivity index (χ4v) is 4.03. The highest BCUT2D eigenvalue weighted by Gasteiger charge is 2.27. The number of halogens is 1. The summed E-state index contributed by atoms with van der Waals surface area (Å²) in [6, 6.07) is 5.99. The fourth-order valence-electron chi connectivity index (χ4n) is 2.71. The Kier molecular flexibility index (Phi) is 6.80. The zero-order valence-electron chi connectivity index (χ0n) is 13.4. The van der Waals surface area contributed by atoms with Crippen molar-refractivity contribution >= 4 is 10.0 Å². The molecule has 1 fully saturated rings. The van der Waals surface area contributed by atoms with Gasteiger partial charge in [-0.15, -0.1) is 0 Å². The van der Waals surface area contributed by atoms with Gasteiger partial charge in [0.25, 0.3) is 0 Å². The lowest BCUT2D eigenvalue weighted by Crippen LogP contribution is -2.40. The average Bonchev–Trinajstić information content (AvgIpc) is 2.55. The zero-order chi connectivity index (χ0) is 16.7. The van der Waals surface area contributed by atoms with E-state index in [1.807, 2.05) is 0 Å². The number of nitrogens with zero attached hydrogens (tertiary/aromatic N) is 1. The maximum absolute atomic E-state index is 13.4. The Morgan fingerprint density at radius 1 is 1.22 bits per heavy atom. The number of methoxy groups -OCH3 is 1. The van der Waals surface area contributed by atoms with Crippen molar-refractivity contribution in [3.05, 3.63) is 30.1 Å². The molecule has 0 amide bonds. The minimum Gasteiger partial charge on any atom is -0.489 e. The third kappa shape index (κ3) is 5.44. The molecule has 5 nitrogen and oxygen atoms in total. The standard InChI is InChI=1S/C16H24FNO4S/c1-21-11-8-14-6-9-18(10-7-14)23(19,20)13-12-22-16-5-3-2-4-15(16)17/h2-5,14H,6-13H2,1H3. The summed E-state index contributed by atoms with van der Waals surface area (Å²) in [5.41, 5.74) is 0. The van der Waals surface area contributed by atoms with E-state index >= 15 is 0 Å². The number of para-hydroxylation sites is 1. The van der Waals surface area contributed by atoms with Gasteiger partial charge < -0.3 is 9.47 Å². The summed E-state index contributed by atoms with van der Waals surface area (Å²) in [6.45, 7) is 1.74. The first-order valence-electron chi connectivity index (χ1n) is 7.87. The summed E-state index contributed by atoms with van der Waals surface area (Å²) in [7, 11) is -1.68. The maximum atomic E-state index is 13.4. The van der Waals surface area contributed by atoms with E-state index in [4.69, 9.17) is 9.47 Å². The summed E-state index contributed by atoms with van der Waals surface area (Å²) in [5, 5.41) is 0. The van der Waals surface area contributed by atoms with Gasteiger partial charge in [0.1, 0.15) is 6.61 Å². The van der Waals surface area contributed by atoms with E-state index in [0.29, 0.717) is 25.6 Å². The first-order chi connectivity index (χ1) is 11.0. The second kappa shape index (κ2) is 8.61. The van der Waals surface area contributed by atoms with Crippen molar-refractivity contribution in [2.45, 2.75) is 19.3 Å². The third-order valence-corrected chi connectivity index (χ3v) is 5.97. The molecule has 1 aromatic carbocycles. The van der Waals surface area contributed by atoms with Crippen molar-refractivity contribution in [1.29, 1.82) is 0 Å². The molecule has 0 aliphatic carbocycles. The van der Waals surface area contributed by atoms with Crippen LogP contribution in [0.25, 0.3) is 0 Å². The maximum Gasteiger partial charge on any atom is 0.217 e. The Morgan fingerprint density at radius 2 is 1.91 bits per heavy atom. The minimum absolute atomic E-state index is 0.0487. The number of ether oxygens (including phenoxy) is 2. The smallest absolute Gasteiger partial charge is 0.217 e. The molecular weight excluding hydrogens is 321 g/mol. The van der Waals surface area contributed by atoms with Gasteiger partial charge in [-0.2, -0.15) is 0 Å². The molecule has 7 heteroatoms. The summed E-state index contributed by atoms with van der Waals surface area (Å²) in [6.07, 6.45) is 2.69. The van der Waals surface area contributed by atoms with Gasteiger partial charge in [0.15, 0.2) is 11.6 Å². The molecule has 2 rings (SSSR count). The lowest BCUT2D eigenvalue weighted by atomic mass is 9.95.